The molecule has 1 aromatic heterocycles. The van der Waals surface area contributed by atoms with Crippen LogP contribution in [0.3, 0.4) is 0 Å². The lowest BCUT2D eigenvalue weighted by molar-refractivity contribution is 0.0929. The van der Waals surface area contributed by atoms with Crippen LogP contribution >= 0.6 is 0 Å². The number of rotatable bonds is 1. The molecule has 4 nitrogen and oxygen atoms in total. The highest BCUT2D eigenvalue weighted by Gasteiger charge is 2.03. The molecule has 1 heterocycles. The van der Waals surface area contributed by atoms with Crippen LogP contribution in [0.5, 0.6) is 0 Å². The molecule has 0 bridgehead atoms. The van der Waals surface area contributed by atoms with Gasteiger partial charge in [0.2, 0.25) is 0 Å². The number of hydrogen-bond acceptors (Lipinski definition) is 3. The normalized spacial score (nSPS) is 9.44. The zero-order valence-corrected chi connectivity index (χ0v) is 4.90. The molecule has 0 aliphatic heterocycles. The van der Waals surface area contributed by atoms with Crippen LogP contribution in [0.2, 0.25) is 0 Å². The second-order valence-corrected chi connectivity index (χ2v) is 1.66. The van der Waals surface area contributed by atoms with Gasteiger partial charge in [-0.1, -0.05) is 4.85 Å². The molecule has 4 heteroatoms. The molecular weight excluding hydrogens is 120 g/mol. The SMILES string of the molecule is CC(=O)c1ccnn1O. The Morgan fingerprint density at radius 1 is 1.89 bits per heavy atom. The first-order valence-electron chi connectivity index (χ1n) is 2.46. The lowest BCUT2D eigenvalue weighted by atomic mass is 10.3. The molecule has 0 aromatic carbocycles. The Kier molecular flexibility index (Phi) is 1.22. The molecule has 0 fully saturated rings. The molecule has 0 spiro atoms. The van der Waals surface area contributed by atoms with Gasteiger partial charge < -0.3 is 5.21 Å². The van der Waals surface area contributed by atoms with E-state index in [1.54, 1.807) is 0 Å². The summed E-state index contributed by atoms with van der Waals surface area (Å²) >= 11 is 0. The number of Topliss-reactive ketones (excluding diaryl/α,β-unsaturated/α-hetero) is 1. The number of hydrogen-bond donors (Lipinski definition) is 1. The summed E-state index contributed by atoms with van der Waals surface area (Å²) in [7, 11) is 0. The predicted molar refractivity (Wildman–Crippen MR) is 29.4 cm³/mol. The maximum atomic E-state index is 10.5. The summed E-state index contributed by atoms with van der Waals surface area (Å²) in [6.45, 7) is 1.36. The van der Waals surface area contributed by atoms with Gasteiger partial charge in [0.05, 0.1) is 6.20 Å². The number of aromatic nitrogens is 2. The van der Waals surface area contributed by atoms with Gasteiger partial charge in [0.25, 0.3) is 0 Å². The quantitative estimate of drug-likeness (QED) is 0.435. The van der Waals surface area contributed by atoms with Crippen molar-refractivity contribution in [3.63, 3.8) is 0 Å². The average Bonchev–Trinajstić information content (AvgIpc) is 2.13. The van der Waals surface area contributed by atoms with Crippen LogP contribution in [-0.2, 0) is 0 Å². The van der Waals surface area contributed by atoms with Crippen molar-refractivity contribution in [3.8, 4) is 0 Å². The maximum Gasteiger partial charge on any atom is 0.181 e. The Hall–Kier alpha value is -1.32. The van der Waals surface area contributed by atoms with Gasteiger partial charge in [0.1, 0.15) is 5.69 Å². The fourth-order valence-electron chi connectivity index (χ4n) is 0.554. The van der Waals surface area contributed by atoms with Gasteiger partial charge in [-0.3, -0.25) is 4.79 Å². The second kappa shape index (κ2) is 1.89. The largest absolute Gasteiger partial charge is 0.411 e. The second-order valence-electron chi connectivity index (χ2n) is 1.66. The van der Waals surface area contributed by atoms with E-state index in [-0.39, 0.29) is 11.5 Å². The zero-order valence-electron chi connectivity index (χ0n) is 4.90. The van der Waals surface area contributed by atoms with Crippen molar-refractivity contribution in [1.82, 2.24) is 9.94 Å². The molecule has 0 atom stereocenters. The summed E-state index contributed by atoms with van der Waals surface area (Å²) in [5, 5.41) is 12.1. The summed E-state index contributed by atoms with van der Waals surface area (Å²) in [6, 6.07) is 1.45. The van der Waals surface area contributed by atoms with Crippen LogP contribution in [0, 0.1) is 0 Å². The van der Waals surface area contributed by atoms with Gasteiger partial charge in [-0.05, 0) is 6.07 Å². The van der Waals surface area contributed by atoms with Crippen molar-refractivity contribution >= 4 is 5.78 Å². The summed E-state index contributed by atoms with van der Waals surface area (Å²) in [6.07, 6.45) is 1.36. The van der Waals surface area contributed by atoms with Crippen LogP contribution in [0.4, 0.5) is 0 Å². The van der Waals surface area contributed by atoms with Gasteiger partial charge in [-0.2, -0.15) is 0 Å². The van der Waals surface area contributed by atoms with Gasteiger partial charge in [-0.15, -0.1) is 5.10 Å². The summed E-state index contributed by atoms with van der Waals surface area (Å²) in [5.41, 5.74) is 0.204. The van der Waals surface area contributed by atoms with Crippen LogP contribution in [-0.4, -0.2) is 20.9 Å². The number of carbonyl (C=O) groups is 1. The van der Waals surface area contributed by atoms with Gasteiger partial charge in [-0.25, -0.2) is 0 Å². The molecule has 0 saturated heterocycles. The van der Waals surface area contributed by atoms with Crippen molar-refractivity contribution in [1.29, 1.82) is 0 Å². The molecule has 0 radical (unpaired) electrons. The molecule has 1 N–H and O–H groups in total. The fraction of sp³-hybridized carbons (Fsp3) is 0.200. The van der Waals surface area contributed by atoms with Gasteiger partial charge in [0.15, 0.2) is 5.78 Å². The van der Waals surface area contributed by atoms with E-state index in [1.165, 1.54) is 19.2 Å². The molecule has 0 amide bonds. The van der Waals surface area contributed by atoms with E-state index >= 15 is 0 Å². The Morgan fingerprint density at radius 3 is 2.78 bits per heavy atom. The van der Waals surface area contributed by atoms with E-state index in [0.29, 0.717) is 4.85 Å². The molecule has 48 valence electrons. The molecule has 0 saturated carbocycles. The Bertz CT molecular complexity index is 229. The lowest BCUT2D eigenvalue weighted by Crippen LogP contribution is -2.03. The minimum atomic E-state index is -0.199. The van der Waals surface area contributed by atoms with Crippen LogP contribution < -0.4 is 0 Å². The number of carbonyl (C=O) groups excluding carboxylic acids is 1. The minimum Gasteiger partial charge on any atom is -0.411 e. The summed E-state index contributed by atoms with van der Waals surface area (Å²) in [5.74, 6) is -0.199. The molecule has 0 aliphatic rings. The molecule has 0 unspecified atom stereocenters. The highest BCUT2D eigenvalue weighted by molar-refractivity contribution is 5.92. The Balaban J connectivity index is 3.08. The van der Waals surface area contributed by atoms with Crippen molar-refractivity contribution in [2.45, 2.75) is 6.92 Å². The Morgan fingerprint density at radius 2 is 2.56 bits per heavy atom. The van der Waals surface area contributed by atoms with Crippen molar-refractivity contribution in [2.24, 2.45) is 0 Å². The number of nitrogens with zero attached hydrogens (tertiary/aromatic N) is 2. The van der Waals surface area contributed by atoms with E-state index in [1.807, 2.05) is 0 Å². The first-order valence-corrected chi connectivity index (χ1v) is 2.46. The third-order valence-electron chi connectivity index (χ3n) is 0.985. The standard InChI is InChI=1S/C5H6N2O2/c1-4(8)5-2-3-6-7(5)9/h2-3,9H,1H3. The maximum absolute atomic E-state index is 10.5. The molecular formula is C5H6N2O2. The lowest BCUT2D eigenvalue weighted by Gasteiger charge is -1.90. The number of ketones is 1. The smallest absolute Gasteiger partial charge is 0.181 e. The molecule has 1 aromatic rings. The third kappa shape index (κ3) is 0.910. The van der Waals surface area contributed by atoms with Crippen LogP contribution in [0.1, 0.15) is 17.4 Å². The third-order valence-corrected chi connectivity index (χ3v) is 0.985. The highest BCUT2D eigenvalue weighted by atomic mass is 16.5. The van der Waals surface area contributed by atoms with Crippen molar-refractivity contribution in [2.75, 3.05) is 0 Å². The first kappa shape index (κ1) is 5.81. The molecule has 1 rings (SSSR count). The average molecular weight is 126 g/mol. The van der Waals surface area contributed by atoms with Crippen molar-refractivity contribution in [3.05, 3.63) is 18.0 Å². The van der Waals surface area contributed by atoms with Crippen LogP contribution in [0.15, 0.2) is 12.3 Å². The van der Waals surface area contributed by atoms with Gasteiger partial charge in [0, 0.05) is 6.92 Å². The van der Waals surface area contributed by atoms with E-state index in [0.717, 1.165) is 0 Å². The topological polar surface area (TPSA) is 55.1 Å². The Labute approximate surface area is 51.7 Å². The fourth-order valence-corrected chi connectivity index (χ4v) is 0.554. The van der Waals surface area contributed by atoms with E-state index in [4.69, 9.17) is 5.21 Å². The van der Waals surface area contributed by atoms with Crippen LogP contribution in [0.25, 0.3) is 0 Å². The summed E-state index contributed by atoms with van der Waals surface area (Å²) < 4.78 is 0. The first-order chi connectivity index (χ1) is 4.22. The van der Waals surface area contributed by atoms with Gasteiger partial charge >= 0.3 is 0 Å². The zero-order chi connectivity index (χ0) is 6.85. The van der Waals surface area contributed by atoms with E-state index in [9.17, 15) is 4.79 Å². The van der Waals surface area contributed by atoms with E-state index in [2.05, 4.69) is 5.10 Å². The van der Waals surface area contributed by atoms with Crippen molar-refractivity contribution < 1.29 is 10.0 Å². The van der Waals surface area contributed by atoms with E-state index < -0.39 is 0 Å². The summed E-state index contributed by atoms with van der Waals surface area (Å²) in [4.78, 5) is 11.1. The minimum absolute atomic E-state index is 0.199. The monoisotopic (exact) mass is 126 g/mol. The predicted octanol–water partition coefficient (Wildman–Crippen LogP) is 0.323. The molecule has 9 heavy (non-hydrogen) atoms. The molecule has 0 aliphatic carbocycles. The highest BCUT2D eigenvalue weighted by Crippen LogP contribution is 1.94.